The summed E-state index contributed by atoms with van der Waals surface area (Å²) in [5, 5.41) is 14.1. The van der Waals surface area contributed by atoms with Crippen molar-refractivity contribution < 1.29 is 9.72 Å². The van der Waals surface area contributed by atoms with Gasteiger partial charge in [0.05, 0.1) is 21.1 Å². The van der Waals surface area contributed by atoms with Crippen molar-refractivity contribution in [1.29, 1.82) is 0 Å². The quantitative estimate of drug-likeness (QED) is 0.333. The number of amidine groups is 1. The number of thiazole rings is 1. The van der Waals surface area contributed by atoms with Crippen LogP contribution in [-0.4, -0.2) is 32.4 Å². The van der Waals surface area contributed by atoms with E-state index in [4.69, 9.17) is 0 Å². The maximum atomic E-state index is 12.7. The Morgan fingerprint density at radius 2 is 2.19 bits per heavy atom. The molecule has 1 aliphatic rings. The summed E-state index contributed by atoms with van der Waals surface area (Å²) in [5.41, 5.74) is 1.18. The molecule has 0 bridgehead atoms. The number of rotatable bonds is 5. The van der Waals surface area contributed by atoms with Crippen LogP contribution in [0.25, 0.3) is 6.08 Å². The lowest BCUT2D eigenvalue weighted by Gasteiger charge is -2.11. The molecule has 26 heavy (non-hydrogen) atoms. The highest BCUT2D eigenvalue weighted by Gasteiger charge is 2.33. The summed E-state index contributed by atoms with van der Waals surface area (Å²) in [6.45, 7) is 5.84. The van der Waals surface area contributed by atoms with E-state index in [0.717, 1.165) is 5.69 Å². The van der Waals surface area contributed by atoms with Crippen molar-refractivity contribution in [3.8, 4) is 0 Å². The van der Waals surface area contributed by atoms with Gasteiger partial charge in [0.15, 0.2) is 5.17 Å². The second kappa shape index (κ2) is 7.63. The van der Waals surface area contributed by atoms with Crippen molar-refractivity contribution in [2.24, 2.45) is 4.99 Å². The average molecular weight is 386 g/mol. The lowest BCUT2D eigenvalue weighted by atomic mass is 10.1. The van der Waals surface area contributed by atoms with Crippen LogP contribution in [0.4, 0.5) is 10.8 Å². The molecular weight excluding hydrogens is 372 g/mol. The lowest BCUT2D eigenvalue weighted by molar-refractivity contribution is -0.385. The molecule has 0 spiro atoms. The molecule has 3 rings (SSSR count). The highest BCUT2D eigenvalue weighted by molar-refractivity contribution is 8.18. The van der Waals surface area contributed by atoms with Crippen LogP contribution in [0, 0.1) is 17.0 Å². The predicted molar refractivity (Wildman–Crippen MR) is 105 cm³/mol. The number of thioether (sulfide) groups is 1. The van der Waals surface area contributed by atoms with Gasteiger partial charge in [-0.15, -0.1) is 17.9 Å². The molecule has 2 aromatic rings. The summed E-state index contributed by atoms with van der Waals surface area (Å²) in [4.78, 5) is 34.0. The van der Waals surface area contributed by atoms with Crippen molar-refractivity contribution >= 4 is 51.1 Å². The van der Waals surface area contributed by atoms with Gasteiger partial charge in [0.2, 0.25) is 5.13 Å². The molecule has 9 heteroatoms. The summed E-state index contributed by atoms with van der Waals surface area (Å²) in [5.74, 6) is -0.264. The molecule has 0 N–H and O–H groups in total. The number of amides is 1. The first kappa shape index (κ1) is 18.0. The summed E-state index contributed by atoms with van der Waals surface area (Å²) < 4.78 is 0. The summed E-state index contributed by atoms with van der Waals surface area (Å²) in [7, 11) is 0. The van der Waals surface area contributed by atoms with Crippen molar-refractivity contribution in [2.75, 3.05) is 6.54 Å². The van der Waals surface area contributed by atoms with Crippen LogP contribution in [-0.2, 0) is 4.79 Å². The zero-order chi connectivity index (χ0) is 18.7. The molecule has 1 aromatic heterocycles. The first-order valence-corrected chi connectivity index (χ1v) is 9.25. The Labute approximate surface area is 157 Å². The number of carbonyl (C=O) groups excluding carboxylic acids is 1. The molecular formula is C17H14N4O3S2. The fourth-order valence-electron chi connectivity index (χ4n) is 2.27. The molecule has 1 fully saturated rings. The molecule has 0 saturated carbocycles. The number of aryl methyl sites for hydroxylation is 1. The van der Waals surface area contributed by atoms with Crippen LogP contribution in [0.5, 0.6) is 0 Å². The van der Waals surface area contributed by atoms with Crippen LogP contribution in [0.1, 0.15) is 11.3 Å². The number of benzene rings is 1. The minimum Gasteiger partial charge on any atom is -0.282 e. The van der Waals surface area contributed by atoms with E-state index in [1.165, 1.54) is 40.1 Å². The van der Waals surface area contributed by atoms with Gasteiger partial charge in [0.1, 0.15) is 0 Å². The molecule has 132 valence electrons. The predicted octanol–water partition coefficient (Wildman–Crippen LogP) is 4.15. The molecule has 1 saturated heterocycles. The third-order valence-corrected chi connectivity index (χ3v) is 5.28. The Kier molecular flexibility index (Phi) is 5.29. The van der Waals surface area contributed by atoms with Gasteiger partial charge in [0, 0.05) is 18.0 Å². The zero-order valence-corrected chi connectivity index (χ0v) is 15.4. The highest BCUT2D eigenvalue weighted by Crippen LogP contribution is 2.35. The molecule has 0 radical (unpaired) electrons. The largest absolute Gasteiger partial charge is 0.282 e. The normalized spacial score (nSPS) is 17.3. The van der Waals surface area contributed by atoms with Crippen molar-refractivity contribution in [3.05, 3.63) is 68.6 Å². The molecule has 0 unspecified atom stereocenters. The molecule has 1 aliphatic heterocycles. The minimum absolute atomic E-state index is 0.0513. The van der Waals surface area contributed by atoms with E-state index in [0.29, 0.717) is 27.3 Å². The van der Waals surface area contributed by atoms with Gasteiger partial charge in [-0.2, -0.15) is 4.99 Å². The monoisotopic (exact) mass is 386 g/mol. The van der Waals surface area contributed by atoms with Crippen LogP contribution in [0.3, 0.4) is 0 Å². The molecule has 0 aliphatic carbocycles. The Bertz CT molecular complexity index is 949. The first-order valence-electron chi connectivity index (χ1n) is 7.56. The van der Waals surface area contributed by atoms with Crippen LogP contribution in [0.15, 0.2) is 52.2 Å². The maximum absolute atomic E-state index is 12.7. The van der Waals surface area contributed by atoms with E-state index in [2.05, 4.69) is 16.6 Å². The number of aromatic nitrogens is 1. The maximum Gasteiger partial charge on any atom is 0.276 e. The number of hydrogen-bond acceptors (Lipinski definition) is 7. The third-order valence-electron chi connectivity index (χ3n) is 3.42. The van der Waals surface area contributed by atoms with E-state index in [1.54, 1.807) is 24.3 Å². The second-order valence-electron chi connectivity index (χ2n) is 5.30. The van der Waals surface area contributed by atoms with Crippen LogP contribution >= 0.6 is 23.1 Å². The SMILES string of the molecule is C=CCN1C(=O)/C(=C/c2ccccc2[N+](=O)[O-])S/C1=N/c1nc(C)cs1. The fraction of sp³-hybridized carbons (Fsp3) is 0.118. The number of aliphatic imine (C=N–C) groups is 1. The zero-order valence-electron chi connectivity index (χ0n) is 13.8. The molecule has 0 atom stereocenters. The van der Waals surface area contributed by atoms with Crippen LogP contribution in [0.2, 0.25) is 0 Å². The standard InChI is InChI=1S/C17H14N4O3S2/c1-3-8-20-15(22)14(9-12-6-4-5-7-13(12)21(23)24)26-17(20)19-16-18-11(2)10-25-16/h3-7,9-10H,1,8H2,2H3/b14-9-,19-17+. The molecule has 7 nitrogen and oxygen atoms in total. The van der Waals surface area contributed by atoms with Crippen LogP contribution < -0.4 is 0 Å². The Morgan fingerprint density at radius 3 is 2.85 bits per heavy atom. The first-order chi connectivity index (χ1) is 12.5. The number of nitro groups is 1. The van der Waals surface area contributed by atoms with E-state index in [-0.39, 0.29) is 11.6 Å². The number of para-hydroxylation sites is 1. The van der Waals surface area contributed by atoms with Gasteiger partial charge < -0.3 is 0 Å². The smallest absolute Gasteiger partial charge is 0.276 e. The molecule has 1 aromatic carbocycles. The minimum atomic E-state index is -0.467. The van der Waals surface area contributed by atoms with E-state index >= 15 is 0 Å². The summed E-state index contributed by atoms with van der Waals surface area (Å²) in [6.07, 6.45) is 3.13. The van der Waals surface area contributed by atoms with Gasteiger partial charge in [-0.05, 0) is 30.8 Å². The van der Waals surface area contributed by atoms with Gasteiger partial charge in [-0.1, -0.05) is 18.2 Å². The molecule has 1 amide bonds. The average Bonchev–Trinajstić information content (AvgIpc) is 3.14. The Morgan fingerprint density at radius 1 is 1.42 bits per heavy atom. The number of hydrogen-bond donors (Lipinski definition) is 0. The topological polar surface area (TPSA) is 88.7 Å². The van der Waals surface area contributed by atoms with E-state index in [9.17, 15) is 14.9 Å². The van der Waals surface area contributed by atoms with Gasteiger partial charge in [0.25, 0.3) is 11.6 Å². The van der Waals surface area contributed by atoms with Crippen molar-refractivity contribution in [3.63, 3.8) is 0 Å². The van der Waals surface area contributed by atoms with Gasteiger partial charge >= 0.3 is 0 Å². The Hall–Kier alpha value is -2.78. The van der Waals surface area contributed by atoms with Crippen molar-refractivity contribution in [2.45, 2.75) is 6.92 Å². The third kappa shape index (κ3) is 3.73. The van der Waals surface area contributed by atoms with Gasteiger partial charge in [-0.25, -0.2) is 4.98 Å². The van der Waals surface area contributed by atoms with E-state index in [1.807, 2.05) is 12.3 Å². The fourth-order valence-corrected chi connectivity index (χ4v) is 3.98. The number of nitro benzene ring substituents is 1. The number of nitrogens with zero attached hydrogens (tertiary/aromatic N) is 4. The number of carbonyl (C=O) groups is 1. The second-order valence-corrected chi connectivity index (χ2v) is 7.14. The highest BCUT2D eigenvalue weighted by atomic mass is 32.2. The summed E-state index contributed by atoms with van der Waals surface area (Å²) in [6, 6.07) is 6.30. The molecule has 2 heterocycles. The van der Waals surface area contributed by atoms with E-state index < -0.39 is 4.92 Å². The summed E-state index contributed by atoms with van der Waals surface area (Å²) >= 11 is 2.55. The lowest BCUT2D eigenvalue weighted by Crippen LogP contribution is -2.29. The van der Waals surface area contributed by atoms with Crippen molar-refractivity contribution in [1.82, 2.24) is 9.88 Å². The Balaban J connectivity index is 1.99. The van der Waals surface area contributed by atoms with Gasteiger partial charge in [-0.3, -0.25) is 19.8 Å².